The first-order chi connectivity index (χ1) is 9.38. The Morgan fingerprint density at radius 2 is 2.26 bits per heavy atom. The normalized spacial score (nSPS) is 12.5. The van der Waals surface area contributed by atoms with Crippen LogP contribution in [-0.4, -0.2) is 17.6 Å². The molecule has 0 aliphatic heterocycles. The van der Waals surface area contributed by atoms with E-state index in [9.17, 15) is 0 Å². The molecule has 3 nitrogen and oxygen atoms in total. The Hall–Kier alpha value is -1.61. The first kappa shape index (κ1) is 13.8. The lowest BCUT2D eigenvalue weighted by Crippen LogP contribution is -2.32. The van der Waals surface area contributed by atoms with E-state index in [1.54, 1.807) is 6.26 Å². The molecule has 0 aliphatic carbocycles. The van der Waals surface area contributed by atoms with Gasteiger partial charge in [-0.2, -0.15) is 0 Å². The van der Waals surface area contributed by atoms with Crippen LogP contribution in [0, 0.1) is 0 Å². The van der Waals surface area contributed by atoms with Gasteiger partial charge in [-0.3, -0.25) is 4.98 Å². The van der Waals surface area contributed by atoms with Gasteiger partial charge in [-0.25, -0.2) is 0 Å². The first-order valence-corrected chi connectivity index (χ1v) is 7.03. The Labute approximate surface area is 115 Å². The van der Waals surface area contributed by atoms with Gasteiger partial charge in [0.05, 0.1) is 6.26 Å². The Bertz CT molecular complexity index is 439. The van der Waals surface area contributed by atoms with Crippen molar-refractivity contribution >= 4 is 0 Å². The van der Waals surface area contributed by atoms with Crippen LogP contribution in [0.25, 0.3) is 0 Å². The summed E-state index contributed by atoms with van der Waals surface area (Å²) in [6.45, 7) is 3.25. The minimum Gasteiger partial charge on any atom is -0.469 e. The van der Waals surface area contributed by atoms with Crippen LogP contribution in [0.15, 0.2) is 47.3 Å². The van der Waals surface area contributed by atoms with E-state index in [-0.39, 0.29) is 0 Å². The summed E-state index contributed by atoms with van der Waals surface area (Å²) >= 11 is 0. The molecular weight excluding hydrogens is 236 g/mol. The number of pyridine rings is 1. The summed E-state index contributed by atoms with van der Waals surface area (Å²) in [4.78, 5) is 4.18. The Morgan fingerprint density at radius 1 is 1.32 bits per heavy atom. The minimum absolute atomic E-state index is 0.481. The van der Waals surface area contributed by atoms with Crippen molar-refractivity contribution in [3.63, 3.8) is 0 Å². The smallest absolute Gasteiger partial charge is 0.103 e. The number of nitrogens with zero attached hydrogens (tertiary/aromatic N) is 1. The number of hydrogen-bond acceptors (Lipinski definition) is 3. The van der Waals surface area contributed by atoms with Gasteiger partial charge in [-0.05, 0) is 49.6 Å². The van der Waals surface area contributed by atoms with E-state index in [0.717, 1.165) is 38.0 Å². The third kappa shape index (κ3) is 4.87. The molecule has 0 saturated carbocycles. The highest BCUT2D eigenvalue weighted by atomic mass is 16.3. The van der Waals surface area contributed by atoms with Gasteiger partial charge in [0.1, 0.15) is 5.76 Å². The summed E-state index contributed by atoms with van der Waals surface area (Å²) in [5, 5.41) is 3.61. The monoisotopic (exact) mass is 258 g/mol. The van der Waals surface area contributed by atoms with Crippen molar-refractivity contribution in [2.45, 2.75) is 38.6 Å². The van der Waals surface area contributed by atoms with Gasteiger partial charge in [-0.1, -0.05) is 13.0 Å². The van der Waals surface area contributed by atoms with Crippen LogP contribution in [0.3, 0.4) is 0 Å². The first-order valence-electron chi connectivity index (χ1n) is 7.03. The lowest BCUT2D eigenvalue weighted by atomic mass is 10.0. The molecule has 0 aromatic carbocycles. The fraction of sp³-hybridized carbons (Fsp3) is 0.438. The second kappa shape index (κ2) is 7.74. The van der Waals surface area contributed by atoms with Crippen molar-refractivity contribution in [3.05, 3.63) is 54.2 Å². The zero-order chi connectivity index (χ0) is 13.3. The van der Waals surface area contributed by atoms with E-state index >= 15 is 0 Å². The second-order valence-corrected chi connectivity index (χ2v) is 4.83. The van der Waals surface area contributed by atoms with E-state index < -0.39 is 0 Å². The second-order valence-electron chi connectivity index (χ2n) is 4.83. The van der Waals surface area contributed by atoms with Crippen molar-refractivity contribution < 1.29 is 4.42 Å². The third-order valence-electron chi connectivity index (χ3n) is 3.21. The van der Waals surface area contributed by atoms with Crippen LogP contribution in [0.4, 0.5) is 0 Å². The molecular formula is C16H22N2O. The van der Waals surface area contributed by atoms with Crippen LogP contribution in [0.5, 0.6) is 0 Å². The zero-order valence-corrected chi connectivity index (χ0v) is 11.5. The molecule has 2 aromatic heterocycles. The summed E-state index contributed by atoms with van der Waals surface area (Å²) in [5.41, 5.74) is 1.29. The molecule has 1 N–H and O–H groups in total. The van der Waals surface area contributed by atoms with Crippen LogP contribution >= 0.6 is 0 Å². The number of aryl methyl sites for hydroxylation is 1. The molecule has 1 unspecified atom stereocenters. The Kier molecular flexibility index (Phi) is 5.63. The van der Waals surface area contributed by atoms with Gasteiger partial charge < -0.3 is 9.73 Å². The molecule has 0 fully saturated rings. The van der Waals surface area contributed by atoms with E-state index in [4.69, 9.17) is 4.42 Å². The van der Waals surface area contributed by atoms with E-state index in [2.05, 4.69) is 23.3 Å². The van der Waals surface area contributed by atoms with Gasteiger partial charge in [0.15, 0.2) is 0 Å². The molecule has 0 bridgehead atoms. The quantitative estimate of drug-likeness (QED) is 0.790. The highest BCUT2D eigenvalue weighted by molar-refractivity contribution is 5.10. The summed E-state index contributed by atoms with van der Waals surface area (Å²) in [6, 6.07) is 8.61. The van der Waals surface area contributed by atoms with Gasteiger partial charge >= 0.3 is 0 Å². The molecule has 1 atom stereocenters. The largest absolute Gasteiger partial charge is 0.469 e. The lowest BCUT2D eigenvalue weighted by Gasteiger charge is -2.18. The molecule has 2 rings (SSSR count). The molecule has 0 spiro atoms. The molecule has 2 aromatic rings. The molecule has 0 saturated heterocycles. The lowest BCUT2D eigenvalue weighted by molar-refractivity contribution is 0.441. The number of hydrogen-bond donors (Lipinski definition) is 1. The van der Waals surface area contributed by atoms with Crippen molar-refractivity contribution in [2.75, 3.05) is 6.54 Å². The molecule has 102 valence electrons. The van der Waals surface area contributed by atoms with Crippen molar-refractivity contribution in [3.8, 4) is 0 Å². The molecule has 0 aliphatic rings. The van der Waals surface area contributed by atoms with E-state index in [1.165, 1.54) is 5.56 Å². The maximum atomic E-state index is 5.40. The number of rotatable bonds is 8. The molecule has 0 radical (unpaired) electrons. The van der Waals surface area contributed by atoms with E-state index in [1.807, 2.05) is 30.6 Å². The van der Waals surface area contributed by atoms with Gasteiger partial charge in [-0.15, -0.1) is 0 Å². The maximum absolute atomic E-state index is 5.40. The van der Waals surface area contributed by atoms with Crippen LogP contribution < -0.4 is 5.32 Å². The molecule has 2 heterocycles. The highest BCUT2D eigenvalue weighted by Crippen LogP contribution is 2.10. The topological polar surface area (TPSA) is 38.1 Å². The summed E-state index contributed by atoms with van der Waals surface area (Å²) in [7, 11) is 0. The predicted molar refractivity (Wildman–Crippen MR) is 77.1 cm³/mol. The molecule has 0 amide bonds. The van der Waals surface area contributed by atoms with Crippen molar-refractivity contribution in [2.24, 2.45) is 0 Å². The Morgan fingerprint density at radius 3 is 2.95 bits per heavy atom. The number of furan rings is 1. The molecule has 19 heavy (non-hydrogen) atoms. The number of aromatic nitrogens is 1. The molecule has 3 heteroatoms. The number of nitrogens with one attached hydrogen (secondary N) is 1. The summed E-state index contributed by atoms with van der Waals surface area (Å²) < 4.78 is 5.40. The average Bonchev–Trinajstić information content (AvgIpc) is 2.96. The average molecular weight is 258 g/mol. The van der Waals surface area contributed by atoms with Crippen LogP contribution in [-0.2, 0) is 12.8 Å². The third-order valence-corrected chi connectivity index (χ3v) is 3.21. The van der Waals surface area contributed by atoms with Gasteiger partial charge in [0.25, 0.3) is 0 Å². The van der Waals surface area contributed by atoms with Gasteiger partial charge in [0, 0.05) is 24.9 Å². The van der Waals surface area contributed by atoms with E-state index in [0.29, 0.717) is 6.04 Å². The van der Waals surface area contributed by atoms with Crippen molar-refractivity contribution in [1.82, 2.24) is 10.3 Å². The van der Waals surface area contributed by atoms with Crippen LogP contribution in [0.1, 0.15) is 31.1 Å². The summed E-state index contributed by atoms with van der Waals surface area (Å²) in [6.07, 6.45) is 9.76. The summed E-state index contributed by atoms with van der Waals surface area (Å²) in [5.74, 6) is 1.06. The minimum atomic E-state index is 0.481. The standard InChI is InChI=1S/C16H22N2O/c1-2-9-18-15(7-8-16-6-4-11-19-16)12-14-5-3-10-17-13-14/h3-6,10-11,13,15,18H,2,7-9,12H2,1H3. The highest BCUT2D eigenvalue weighted by Gasteiger charge is 2.10. The van der Waals surface area contributed by atoms with Crippen LogP contribution in [0.2, 0.25) is 0 Å². The van der Waals surface area contributed by atoms with Gasteiger partial charge in [0.2, 0.25) is 0 Å². The fourth-order valence-electron chi connectivity index (χ4n) is 2.20. The zero-order valence-electron chi connectivity index (χ0n) is 11.5. The Balaban J connectivity index is 1.87. The SMILES string of the molecule is CCCNC(CCc1ccco1)Cc1cccnc1. The van der Waals surface area contributed by atoms with Crippen molar-refractivity contribution in [1.29, 1.82) is 0 Å². The predicted octanol–water partition coefficient (Wildman–Crippen LogP) is 3.22. The fourth-order valence-corrected chi connectivity index (χ4v) is 2.20. The maximum Gasteiger partial charge on any atom is 0.103 e.